The molecule has 1 unspecified atom stereocenters. The van der Waals surface area contributed by atoms with E-state index in [0.29, 0.717) is 23.4 Å². The highest BCUT2D eigenvalue weighted by atomic mass is 35.5. The van der Waals surface area contributed by atoms with E-state index in [-0.39, 0.29) is 49.2 Å². The molecule has 0 aliphatic carbocycles. The third kappa shape index (κ3) is 7.76. The zero-order chi connectivity index (χ0) is 20.2. The number of nitriles is 1. The Kier molecular flexibility index (Phi) is 12.3. The van der Waals surface area contributed by atoms with Crippen LogP contribution in [0.1, 0.15) is 18.9 Å². The summed E-state index contributed by atoms with van der Waals surface area (Å²) in [5.74, 6) is 2.25. The van der Waals surface area contributed by atoms with Crippen LogP contribution in [0.5, 0.6) is 0 Å². The Morgan fingerprint density at radius 3 is 2.69 bits per heavy atom. The zero-order valence-corrected chi connectivity index (χ0v) is 21.3. The van der Waals surface area contributed by atoms with Crippen molar-refractivity contribution in [3.8, 4) is 6.07 Å². The lowest BCUT2D eigenvalue weighted by Gasteiger charge is -2.29. The quantitative estimate of drug-likeness (QED) is 0.568. The molecule has 9 nitrogen and oxygen atoms in total. The van der Waals surface area contributed by atoms with E-state index < -0.39 is 0 Å². The van der Waals surface area contributed by atoms with Gasteiger partial charge in [-0.3, -0.25) is 19.2 Å². The molecule has 2 saturated heterocycles. The van der Waals surface area contributed by atoms with Gasteiger partial charge in [0.1, 0.15) is 11.9 Å². The van der Waals surface area contributed by atoms with Gasteiger partial charge in [0.25, 0.3) is 0 Å². The monoisotopic (exact) mass is 545 g/mol. The summed E-state index contributed by atoms with van der Waals surface area (Å²) in [5.41, 5.74) is 0. The number of aromatic nitrogens is 3. The number of hydrogen-bond donors (Lipinski definition) is 1. The normalized spacial score (nSPS) is 19.4. The highest BCUT2D eigenvalue weighted by Gasteiger charge is 2.30. The predicted molar refractivity (Wildman–Crippen MR) is 132 cm³/mol. The molecule has 0 saturated carbocycles. The van der Waals surface area contributed by atoms with Crippen molar-refractivity contribution in [1.82, 2.24) is 24.5 Å². The molecule has 2 aliphatic heterocycles. The van der Waals surface area contributed by atoms with Crippen molar-refractivity contribution in [1.29, 1.82) is 5.26 Å². The van der Waals surface area contributed by atoms with E-state index in [2.05, 4.69) is 26.2 Å². The van der Waals surface area contributed by atoms with Crippen LogP contribution in [0.2, 0.25) is 5.02 Å². The summed E-state index contributed by atoms with van der Waals surface area (Å²) in [4.78, 5) is 24.5. The van der Waals surface area contributed by atoms with Crippen LogP contribution in [0.15, 0.2) is 23.0 Å². The molecular formula is C18H27Cl4N7O2S. The van der Waals surface area contributed by atoms with Gasteiger partial charge in [-0.1, -0.05) is 21.3 Å². The fraction of sp³-hybridized carbons (Fsp3) is 0.611. The summed E-state index contributed by atoms with van der Waals surface area (Å²) in [6, 6.07) is 6.11. The van der Waals surface area contributed by atoms with Gasteiger partial charge in [-0.15, -0.1) is 49.0 Å². The number of hydrogen-bond acceptors (Lipinski definition) is 7. The van der Waals surface area contributed by atoms with Gasteiger partial charge in [0.05, 0.1) is 30.2 Å². The summed E-state index contributed by atoms with van der Waals surface area (Å²) >= 11 is 7.61. The van der Waals surface area contributed by atoms with Gasteiger partial charge in [0, 0.05) is 37.5 Å². The summed E-state index contributed by atoms with van der Waals surface area (Å²) < 4.78 is 5.62. The average Bonchev–Trinajstić information content (AvgIpc) is 3.36. The van der Waals surface area contributed by atoms with Crippen LogP contribution in [-0.2, 0) is 11.3 Å². The number of halogens is 4. The molecular weight excluding hydrogens is 520 g/mol. The lowest BCUT2D eigenvalue weighted by molar-refractivity contribution is -0.117. The largest absolute Gasteiger partial charge is 0.310 e. The Morgan fingerprint density at radius 1 is 1.28 bits per heavy atom. The van der Waals surface area contributed by atoms with Crippen LogP contribution in [0.3, 0.4) is 0 Å². The van der Waals surface area contributed by atoms with Crippen molar-refractivity contribution in [2.45, 2.75) is 31.5 Å². The van der Waals surface area contributed by atoms with Gasteiger partial charge in [0.2, 0.25) is 5.91 Å². The molecule has 0 radical (unpaired) electrons. The van der Waals surface area contributed by atoms with Gasteiger partial charge in [-0.2, -0.15) is 5.26 Å². The lowest BCUT2D eigenvalue weighted by atomic mass is 10.1. The second-order valence-electron chi connectivity index (χ2n) is 7.33. The van der Waals surface area contributed by atoms with Gasteiger partial charge in [-0.05, 0) is 25.0 Å². The Labute approximate surface area is 214 Å². The molecule has 1 N–H and O–H groups in total. The standard InChI is InChI=1S/C18H24ClN7O2S.3ClH/c19-14-1-2-17(21-10-14)22-18(27)11-23-5-3-15(4-6-23)26-25(28-26)8-7-24-13-29-12-16(24)9-20;;;/h1-2,10,15-16H,3-8,11-13H2,(H,21,22,27);3*1H. The SMILES string of the molecule is Cl.Cl.Cl.N#CC1CSCN1CCn1on1C1CCN(CC(=O)Nc2ccc(Cl)cn2)CC1. The molecule has 4 rings (SSSR count). The second-order valence-corrected chi connectivity index (χ2v) is 8.77. The van der Waals surface area contributed by atoms with Crippen molar-refractivity contribution in [2.75, 3.05) is 43.1 Å². The smallest absolute Gasteiger partial charge is 0.239 e. The second kappa shape index (κ2) is 13.6. The molecule has 32 heavy (non-hydrogen) atoms. The van der Waals surface area contributed by atoms with Crippen molar-refractivity contribution in [3.63, 3.8) is 0 Å². The number of pyridine rings is 1. The number of nitrogens with zero attached hydrogens (tertiary/aromatic N) is 6. The zero-order valence-electron chi connectivity index (χ0n) is 17.3. The number of piperidine rings is 1. The molecule has 0 bridgehead atoms. The number of thioether (sulfide) groups is 1. The van der Waals surface area contributed by atoms with Crippen LogP contribution >= 0.6 is 60.6 Å². The van der Waals surface area contributed by atoms with E-state index in [9.17, 15) is 4.79 Å². The number of rotatable bonds is 7. The Balaban J connectivity index is 0.00000171. The molecule has 4 heterocycles. The van der Waals surface area contributed by atoms with Crippen molar-refractivity contribution in [2.24, 2.45) is 0 Å². The Hall–Kier alpha value is -1.06. The molecule has 1 amide bonds. The van der Waals surface area contributed by atoms with Crippen LogP contribution in [0, 0.1) is 11.3 Å². The molecule has 0 spiro atoms. The summed E-state index contributed by atoms with van der Waals surface area (Å²) in [6.45, 7) is 3.65. The van der Waals surface area contributed by atoms with Crippen LogP contribution in [0.25, 0.3) is 0 Å². The molecule has 180 valence electrons. The van der Waals surface area contributed by atoms with E-state index in [4.69, 9.17) is 21.5 Å². The van der Waals surface area contributed by atoms with Crippen LogP contribution in [-0.4, -0.2) is 74.3 Å². The molecule has 2 fully saturated rings. The Bertz CT molecular complexity index is 858. The number of nitrogens with one attached hydrogen (secondary N) is 1. The summed E-state index contributed by atoms with van der Waals surface area (Å²) in [6.07, 6.45) is 3.41. The number of carbonyl (C=O) groups excluding carboxylic acids is 1. The predicted octanol–water partition coefficient (Wildman–Crippen LogP) is 3.37. The fourth-order valence-corrected chi connectivity index (χ4v) is 4.90. The summed E-state index contributed by atoms with van der Waals surface area (Å²) in [5, 5.41) is 12.5. The van der Waals surface area contributed by atoms with Crippen molar-refractivity contribution < 1.29 is 9.42 Å². The third-order valence-corrected chi connectivity index (χ3v) is 6.59. The van der Waals surface area contributed by atoms with Gasteiger partial charge >= 0.3 is 0 Å². The maximum absolute atomic E-state index is 12.2. The number of carbonyl (C=O) groups is 1. The molecule has 2 aromatic rings. The lowest BCUT2D eigenvalue weighted by Crippen LogP contribution is -2.39. The minimum atomic E-state index is -0.0709. The van der Waals surface area contributed by atoms with Crippen molar-refractivity contribution in [3.05, 3.63) is 23.4 Å². The molecule has 14 heteroatoms. The van der Waals surface area contributed by atoms with Crippen LogP contribution in [0.4, 0.5) is 5.82 Å². The summed E-state index contributed by atoms with van der Waals surface area (Å²) in [7, 11) is 0. The van der Waals surface area contributed by atoms with E-state index in [1.165, 1.54) is 6.20 Å². The first-order valence-electron chi connectivity index (χ1n) is 9.72. The number of amides is 1. The van der Waals surface area contributed by atoms with Gasteiger partial charge in [0.15, 0.2) is 0 Å². The first kappa shape index (κ1) is 29.0. The topological polar surface area (TPSA) is 95.3 Å². The van der Waals surface area contributed by atoms with Crippen molar-refractivity contribution >= 4 is 72.3 Å². The molecule has 2 aromatic heterocycles. The number of anilines is 1. The Morgan fingerprint density at radius 2 is 2.03 bits per heavy atom. The van der Waals surface area contributed by atoms with Gasteiger partial charge < -0.3 is 5.32 Å². The van der Waals surface area contributed by atoms with Crippen LogP contribution < -0.4 is 5.32 Å². The fourth-order valence-electron chi connectivity index (χ4n) is 3.63. The highest BCUT2D eigenvalue weighted by molar-refractivity contribution is 7.99. The number of likely N-dealkylation sites (tertiary alicyclic amines) is 1. The first-order valence-corrected chi connectivity index (χ1v) is 11.3. The first-order chi connectivity index (χ1) is 14.1. The van der Waals surface area contributed by atoms with Gasteiger partial charge in [-0.25, -0.2) is 4.98 Å². The highest BCUT2D eigenvalue weighted by Crippen LogP contribution is 2.26. The maximum Gasteiger partial charge on any atom is 0.239 e. The minimum Gasteiger partial charge on any atom is -0.310 e. The molecule has 1 atom stereocenters. The third-order valence-electron chi connectivity index (χ3n) is 5.31. The molecule has 2 aliphatic rings. The molecule has 0 aromatic carbocycles. The average molecular weight is 547 g/mol. The van der Waals surface area contributed by atoms with E-state index in [1.54, 1.807) is 23.9 Å². The minimum absolute atomic E-state index is 0. The van der Waals surface area contributed by atoms with E-state index >= 15 is 0 Å². The maximum atomic E-state index is 12.2. The van der Waals surface area contributed by atoms with E-state index in [1.807, 2.05) is 9.71 Å². The van der Waals surface area contributed by atoms with E-state index in [0.717, 1.165) is 50.7 Å².